The Bertz CT molecular complexity index is 747. The number of hydrogen-bond acceptors (Lipinski definition) is 4. The summed E-state index contributed by atoms with van der Waals surface area (Å²) in [5.41, 5.74) is 1.58. The van der Waals surface area contributed by atoms with Gasteiger partial charge in [-0.25, -0.2) is 4.79 Å². The molecule has 2 N–H and O–H groups in total. The average Bonchev–Trinajstić information content (AvgIpc) is 2.52. The molecule has 0 aliphatic carbocycles. The molecule has 2 aromatic rings. The number of para-hydroxylation sites is 2. The Balaban J connectivity index is 2.00. The maximum absolute atomic E-state index is 12.1. The van der Waals surface area contributed by atoms with E-state index in [1.807, 2.05) is 24.3 Å². The SMILES string of the molecule is CC(C)(C)c1ccccc1NC(=O)COC(=O)c1ccccc1O. The summed E-state index contributed by atoms with van der Waals surface area (Å²) < 4.78 is 4.96. The van der Waals surface area contributed by atoms with Crippen LogP contribution in [0.5, 0.6) is 5.75 Å². The molecule has 126 valence electrons. The molecule has 0 saturated heterocycles. The Hall–Kier alpha value is -2.82. The van der Waals surface area contributed by atoms with Gasteiger partial charge in [0.15, 0.2) is 6.61 Å². The van der Waals surface area contributed by atoms with Crippen LogP contribution in [0.15, 0.2) is 48.5 Å². The molecular weight excluding hydrogens is 306 g/mol. The monoisotopic (exact) mass is 327 g/mol. The number of nitrogens with one attached hydrogen (secondary N) is 1. The molecule has 0 unspecified atom stereocenters. The Kier molecular flexibility index (Phi) is 5.24. The minimum Gasteiger partial charge on any atom is -0.507 e. The molecular formula is C19H21NO4. The number of anilines is 1. The van der Waals surface area contributed by atoms with Crippen LogP contribution in [0.25, 0.3) is 0 Å². The lowest BCUT2D eigenvalue weighted by Crippen LogP contribution is -2.23. The van der Waals surface area contributed by atoms with Crippen LogP contribution in [0.1, 0.15) is 36.7 Å². The third-order valence-corrected chi connectivity index (χ3v) is 3.47. The summed E-state index contributed by atoms with van der Waals surface area (Å²) in [4.78, 5) is 23.9. The van der Waals surface area contributed by atoms with Gasteiger partial charge in [-0.15, -0.1) is 0 Å². The molecule has 0 fully saturated rings. The predicted molar refractivity (Wildman–Crippen MR) is 92.2 cm³/mol. The topological polar surface area (TPSA) is 75.6 Å². The molecule has 0 heterocycles. The smallest absolute Gasteiger partial charge is 0.342 e. The van der Waals surface area contributed by atoms with Gasteiger partial charge in [0.1, 0.15) is 11.3 Å². The highest BCUT2D eigenvalue weighted by atomic mass is 16.5. The van der Waals surface area contributed by atoms with Crippen LogP contribution in [0.3, 0.4) is 0 Å². The highest BCUT2D eigenvalue weighted by molar-refractivity contribution is 5.97. The number of carbonyl (C=O) groups is 2. The summed E-state index contributed by atoms with van der Waals surface area (Å²) in [6.45, 7) is 5.73. The molecule has 0 aromatic heterocycles. The fourth-order valence-corrected chi connectivity index (χ4v) is 2.29. The van der Waals surface area contributed by atoms with E-state index in [2.05, 4.69) is 26.1 Å². The van der Waals surface area contributed by atoms with E-state index in [0.29, 0.717) is 5.69 Å². The predicted octanol–water partition coefficient (Wildman–Crippen LogP) is 3.49. The van der Waals surface area contributed by atoms with Gasteiger partial charge >= 0.3 is 5.97 Å². The van der Waals surface area contributed by atoms with Crippen molar-refractivity contribution in [1.82, 2.24) is 0 Å². The van der Waals surface area contributed by atoms with E-state index < -0.39 is 18.5 Å². The van der Waals surface area contributed by atoms with Crippen LogP contribution in [0, 0.1) is 0 Å². The number of carbonyl (C=O) groups excluding carboxylic acids is 2. The van der Waals surface area contributed by atoms with Gasteiger partial charge in [-0.1, -0.05) is 51.1 Å². The molecule has 0 saturated carbocycles. The van der Waals surface area contributed by atoms with Gasteiger partial charge in [-0.05, 0) is 29.2 Å². The van der Waals surface area contributed by atoms with E-state index in [1.54, 1.807) is 12.1 Å². The molecule has 24 heavy (non-hydrogen) atoms. The van der Waals surface area contributed by atoms with Crippen molar-refractivity contribution in [2.24, 2.45) is 0 Å². The van der Waals surface area contributed by atoms with E-state index in [1.165, 1.54) is 12.1 Å². The lowest BCUT2D eigenvalue weighted by molar-refractivity contribution is -0.119. The number of ether oxygens (including phenoxy) is 1. The number of benzene rings is 2. The fourth-order valence-electron chi connectivity index (χ4n) is 2.29. The first-order valence-electron chi connectivity index (χ1n) is 7.63. The van der Waals surface area contributed by atoms with Crippen molar-refractivity contribution in [2.45, 2.75) is 26.2 Å². The van der Waals surface area contributed by atoms with Gasteiger partial charge in [-0.3, -0.25) is 4.79 Å². The maximum Gasteiger partial charge on any atom is 0.342 e. The molecule has 1 amide bonds. The van der Waals surface area contributed by atoms with Gasteiger partial charge in [0.05, 0.1) is 0 Å². The summed E-state index contributed by atoms with van der Waals surface area (Å²) in [5.74, 6) is -1.36. The molecule has 0 atom stereocenters. The first-order valence-corrected chi connectivity index (χ1v) is 7.63. The summed E-state index contributed by atoms with van der Waals surface area (Å²) in [5, 5.41) is 12.4. The van der Waals surface area contributed by atoms with Crippen molar-refractivity contribution < 1.29 is 19.4 Å². The number of esters is 1. The van der Waals surface area contributed by atoms with Crippen molar-refractivity contribution >= 4 is 17.6 Å². The third-order valence-electron chi connectivity index (χ3n) is 3.47. The Morgan fingerprint density at radius 1 is 1.04 bits per heavy atom. The second-order valence-corrected chi connectivity index (χ2v) is 6.44. The summed E-state index contributed by atoms with van der Waals surface area (Å²) in [6.07, 6.45) is 0. The number of hydrogen-bond donors (Lipinski definition) is 2. The zero-order chi connectivity index (χ0) is 17.7. The fraction of sp³-hybridized carbons (Fsp3) is 0.263. The van der Waals surface area contributed by atoms with Crippen LogP contribution < -0.4 is 5.32 Å². The molecule has 0 aliphatic rings. The van der Waals surface area contributed by atoms with Gasteiger partial charge in [0.2, 0.25) is 0 Å². The van der Waals surface area contributed by atoms with Gasteiger partial charge < -0.3 is 15.2 Å². The normalized spacial score (nSPS) is 11.0. The van der Waals surface area contributed by atoms with Crippen LogP contribution in [-0.4, -0.2) is 23.6 Å². The van der Waals surface area contributed by atoms with Crippen LogP contribution in [0.4, 0.5) is 5.69 Å². The Morgan fingerprint density at radius 3 is 2.33 bits per heavy atom. The lowest BCUT2D eigenvalue weighted by atomic mass is 9.86. The van der Waals surface area contributed by atoms with Crippen molar-refractivity contribution in [3.05, 3.63) is 59.7 Å². The maximum atomic E-state index is 12.1. The molecule has 5 nitrogen and oxygen atoms in total. The lowest BCUT2D eigenvalue weighted by Gasteiger charge is -2.22. The number of phenols is 1. The van der Waals surface area contributed by atoms with E-state index in [4.69, 9.17) is 4.74 Å². The first kappa shape index (κ1) is 17.5. The Labute approximate surface area is 141 Å². The highest BCUT2D eigenvalue weighted by Gasteiger charge is 2.19. The van der Waals surface area contributed by atoms with Gasteiger partial charge in [-0.2, -0.15) is 0 Å². The number of rotatable bonds is 4. The molecule has 2 rings (SSSR count). The summed E-state index contributed by atoms with van der Waals surface area (Å²) in [7, 11) is 0. The highest BCUT2D eigenvalue weighted by Crippen LogP contribution is 2.29. The van der Waals surface area contributed by atoms with E-state index in [9.17, 15) is 14.7 Å². The third kappa shape index (κ3) is 4.35. The zero-order valence-corrected chi connectivity index (χ0v) is 14.0. The quantitative estimate of drug-likeness (QED) is 0.843. The van der Waals surface area contributed by atoms with Crippen LogP contribution >= 0.6 is 0 Å². The molecule has 0 radical (unpaired) electrons. The molecule has 0 spiro atoms. The van der Waals surface area contributed by atoms with E-state index >= 15 is 0 Å². The van der Waals surface area contributed by atoms with E-state index in [-0.39, 0.29) is 16.7 Å². The van der Waals surface area contributed by atoms with Gasteiger partial charge in [0, 0.05) is 5.69 Å². The molecule has 0 bridgehead atoms. The number of phenolic OH excluding ortho intramolecular Hbond substituents is 1. The summed E-state index contributed by atoms with van der Waals surface area (Å²) >= 11 is 0. The van der Waals surface area contributed by atoms with Crippen molar-refractivity contribution in [2.75, 3.05) is 11.9 Å². The van der Waals surface area contributed by atoms with Crippen molar-refractivity contribution in [3.8, 4) is 5.75 Å². The van der Waals surface area contributed by atoms with Crippen molar-refractivity contribution in [1.29, 1.82) is 0 Å². The number of aromatic hydroxyl groups is 1. The zero-order valence-electron chi connectivity index (χ0n) is 14.0. The summed E-state index contributed by atoms with van der Waals surface area (Å²) in [6, 6.07) is 13.5. The molecule has 2 aromatic carbocycles. The number of amides is 1. The van der Waals surface area contributed by atoms with Gasteiger partial charge in [0.25, 0.3) is 5.91 Å². The Morgan fingerprint density at radius 2 is 1.67 bits per heavy atom. The van der Waals surface area contributed by atoms with E-state index in [0.717, 1.165) is 5.56 Å². The van der Waals surface area contributed by atoms with Crippen LogP contribution in [-0.2, 0) is 14.9 Å². The minimum absolute atomic E-state index is 0.0281. The average molecular weight is 327 g/mol. The van der Waals surface area contributed by atoms with Crippen LogP contribution in [0.2, 0.25) is 0 Å². The second-order valence-electron chi connectivity index (χ2n) is 6.44. The largest absolute Gasteiger partial charge is 0.507 e. The second kappa shape index (κ2) is 7.17. The minimum atomic E-state index is -0.743. The van der Waals surface area contributed by atoms with Crippen molar-refractivity contribution in [3.63, 3.8) is 0 Å². The first-order chi connectivity index (χ1) is 11.3. The molecule has 0 aliphatic heterocycles. The standard InChI is InChI=1S/C19H21NO4/c1-19(2,3)14-9-5-6-10-15(14)20-17(22)12-24-18(23)13-8-4-7-11-16(13)21/h4-11,21H,12H2,1-3H3,(H,20,22). The molecule has 5 heteroatoms.